The van der Waals surface area contributed by atoms with Crippen LogP contribution in [0.2, 0.25) is 0 Å². The molecule has 2 aliphatic carbocycles. The average molecular weight is 551 g/mol. The molecule has 5 rings (SSSR count). The normalized spacial score (nSPS) is 23.0. The summed E-state index contributed by atoms with van der Waals surface area (Å²) in [6.45, 7) is 7.13. The van der Waals surface area contributed by atoms with Gasteiger partial charge >= 0.3 is 0 Å². The molecule has 2 unspecified atom stereocenters. The molecule has 1 aliphatic heterocycles. The monoisotopic (exact) mass is 550 g/mol. The van der Waals surface area contributed by atoms with E-state index in [4.69, 9.17) is 14.2 Å². The molecular formula is C33H43FN2O4. The van der Waals surface area contributed by atoms with Gasteiger partial charge in [-0.1, -0.05) is 19.1 Å². The number of phenols is 1. The fourth-order valence-electron chi connectivity index (χ4n) is 6.62. The fraction of sp³-hybridized carbons (Fsp3) is 0.515. The molecule has 0 saturated carbocycles. The number of likely N-dealkylation sites (tertiary alicyclic amines) is 1. The Morgan fingerprint density at radius 2 is 1.77 bits per heavy atom. The van der Waals surface area contributed by atoms with Crippen molar-refractivity contribution < 1.29 is 23.7 Å². The molecule has 0 bridgehead atoms. The minimum Gasteiger partial charge on any atom is -0.508 e. The van der Waals surface area contributed by atoms with E-state index in [1.807, 2.05) is 12.1 Å². The lowest BCUT2D eigenvalue weighted by molar-refractivity contribution is 0.132. The molecule has 0 aromatic heterocycles. The highest BCUT2D eigenvalue weighted by molar-refractivity contribution is 5.38. The molecular weight excluding hydrogens is 507 g/mol. The van der Waals surface area contributed by atoms with Crippen molar-refractivity contribution in [1.29, 1.82) is 0 Å². The Hall–Kier alpha value is -3.03. The number of halogens is 1. The molecule has 3 aliphatic rings. The van der Waals surface area contributed by atoms with Crippen LogP contribution in [-0.2, 0) is 28.9 Å². The van der Waals surface area contributed by atoms with Gasteiger partial charge in [-0.15, -0.1) is 0 Å². The highest BCUT2D eigenvalue weighted by Gasteiger charge is 2.37. The molecule has 6 nitrogen and oxygen atoms in total. The minimum absolute atomic E-state index is 0.0713. The Kier molecular flexibility index (Phi) is 9.33. The number of ether oxygens (including phenoxy) is 3. The van der Waals surface area contributed by atoms with E-state index in [9.17, 15) is 5.11 Å². The van der Waals surface area contributed by atoms with Gasteiger partial charge < -0.3 is 19.3 Å². The number of methoxy groups -OCH3 is 2. The number of likely N-dealkylation sites (N-methyl/N-ethyl adjacent to an activating group) is 1. The molecule has 1 fully saturated rings. The lowest BCUT2D eigenvalue weighted by Crippen LogP contribution is -2.44. The molecule has 0 amide bonds. The van der Waals surface area contributed by atoms with Crippen LogP contribution in [0.15, 0.2) is 60.1 Å². The standard InChI is InChI=1S/C33H43FN2O4/c1-4-36(22-23-7-12-31(29(34)17-23)40-16-15-35-13-5-6-14-35)30-21-33(39-3)32(38-2)20-28(30)26-9-8-25-19-27(37)11-10-24(25)18-26/h7,10-12,17,19-21,26,28,30,37H,4-6,8-9,13-16,18,22H2,1-3H3/t26-,28?,30?/m1/s1. The van der Waals surface area contributed by atoms with E-state index < -0.39 is 0 Å². The number of nitrogens with zero attached hydrogens (tertiary/aromatic N) is 2. The van der Waals surface area contributed by atoms with Gasteiger partial charge in [0.15, 0.2) is 23.1 Å². The van der Waals surface area contributed by atoms with Crippen LogP contribution in [0.25, 0.3) is 0 Å². The van der Waals surface area contributed by atoms with Gasteiger partial charge in [0.1, 0.15) is 12.4 Å². The molecule has 3 atom stereocenters. The summed E-state index contributed by atoms with van der Waals surface area (Å²) in [5.74, 6) is 2.44. The van der Waals surface area contributed by atoms with Gasteiger partial charge in [-0.2, -0.15) is 0 Å². The maximum absolute atomic E-state index is 15.1. The number of aromatic hydroxyl groups is 1. The molecule has 1 saturated heterocycles. The SMILES string of the molecule is CCN(Cc1ccc(OCCN2CCCC2)c(F)c1)C1C=C(OC)C(OC)=CC1[C@@H]1CCc2cc(O)ccc2C1. The molecule has 0 radical (unpaired) electrons. The van der Waals surface area contributed by atoms with Crippen LogP contribution in [0, 0.1) is 17.7 Å². The number of phenolic OH excluding ortho intramolecular Hbond substituents is 1. The minimum atomic E-state index is -0.308. The molecule has 7 heteroatoms. The molecule has 40 heavy (non-hydrogen) atoms. The summed E-state index contributed by atoms with van der Waals surface area (Å²) in [7, 11) is 3.36. The number of rotatable bonds is 11. The maximum Gasteiger partial charge on any atom is 0.165 e. The largest absolute Gasteiger partial charge is 0.508 e. The molecule has 216 valence electrons. The van der Waals surface area contributed by atoms with Crippen LogP contribution >= 0.6 is 0 Å². The first kappa shape index (κ1) is 28.5. The van der Waals surface area contributed by atoms with E-state index in [-0.39, 0.29) is 17.8 Å². The zero-order valence-electron chi connectivity index (χ0n) is 24.1. The van der Waals surface area contributed by atoms with Crippen molar-refractivity contribution >= 4 is 0 Å². The van der Waals surface area contributed by atoms with E-state index in [1.165, 1.54) is 24.0 Å². The van der Waals surface area contributed by atoms with Gasteiger partial charge in [-0.05, 0) is 111 Å². The van der Waals surface area contributed by atoms with Crippen LogP contribution in [0.5, 0.6) is 11.5 Å². The first-order chi connectivity index (χ1) is 19.5. The van der Waals surface area contributed by atoms with Crippen LogP contribution in [0.1, 0.15) is 42.9 Å². The van der Waals surface area contributed by atoms with Gasteiger partial charge in [0.2, 0.25) is 0 Å². The lowest BCUT2D eigenvalue weighted by Gasteiger charge is -2.41. The van der Waals surface area contributed by atoms with Gasteiger partial charge in [0.05, 0.1) is 14.2 Å². The predicted octanol–water partition coefficient (Wildman–Crippen LogP) is 5.69. The molecule has 0 spiro atoms. The summed E-state index contributed by atoms with van der Waals surface area (Å²) in [6, 6.07) is 11.2. The third-order valence-corrected chi connectivity index (χ3v) is 8.82. The Morgan fingerprint density at radius 3 is 2.50 bits per heavy atom. The number of aryl methyl sites for hydroxylation is 1. The second kappa shape index (κ2) is 13.1. The molecule has 2 aromatic carbocycles. The first-order valence-electron chi connectivity index (χ1n) is 14.7. The van der Waals surface area contributed by atoms with E-state index in [0.29, 0.717) is 30.6 Å². The predicted molar refractivity (Wildman–Crippen MR) is 155 cm³/mol. The zero-order chi connectivity index (χ0) is 28.1. The number of benzene rings is 2. The topological polar surface area (TPSA) is 54.4 Å². The fourth-order valence-corrected chi connectivity index (χ4v) is 6.62. The van der Waals surface area contributed by atoms with Crippen molar-refractivity contribution in [3.8, 4) is 11.5 Å². The zero-order valence-corrected chi connectivity index (χ0v) is 24.1. The Morgan fingerprint density at radius 1 is 1.00 bits per heavy atom. The van der Waals surface area contributed by atoms with Gasteiger partial charge in [-0.25, -0.2) is 4.39 Å². The lowest BCUT2D eigenvalue weighted by atomic mass is 9.72. The Balaban J connectivity index is 1.32. The average Bonchev–Trinajstić information content (AvgIpc) is 3.49. The first-order valence-corrected chi connectivity index (χ1v) is 14.7. The Bertz CT molecular complexity index is 1220. The van der Waals surface area contributed by atoms with E-state index in [1.54, 1.807) is 32.4 Å². The summed E-state index contributed by atoms with van der Waals surface area (Å²) in [5, 5.41) is 9.95. The van der Waals surface area contributed by atoms with Crippen molar-refractivity contribution in [3.05, 3.63) is 82.6 Å². The molecule has 1 heterocycles. The number of hydrogen-bond acceptors (Lipinski definition) is 6. The van der Waals surface area contributed by atoms with Crippen molar-refractivity contribution in [3.63, 3.8) is 0 Å². The summed E-state index contributed by atoms with van der Waals surface area (Å²) >= 11 is 0. The summed E-state index contributed by atoms with van der Waals surface area (Å²) in [5.41, 5.74) is 3.45. The van der Waals surface area contributed by atoms with E-state index >= 15 is 4.39 Å². The van der Waals surface area contributed by atoms with Crippen molar-refractivity contribution in [2.24, 2.45) is 11.8 Å². The number of hydrogen-bond donors (Lipinski definition) is 1. The van der Waals surface area contributed by atoms with Crippen LogP contribution in [0.4, 0.5) is 4.39 Å². The highest BCUT2D eigenvalue weighted by atomic mass is 19.1. The van der Waals surface area contributed by atoms with E-state index in [0.717, 1.165) is 62.5 Å². The maximum atomic E-state index is 15.1. The van der Waals surface area contributed by atoms with Gasteiger partial charge in [0, 0.05) is 25.0 Å². The van der Waals surface area contributed by atoms with Crippen LogP contribution in [0.3, 0.4) is 0 Å². The number of fused-ring (bicyclic) bond motifs is 1. The third kappa shape index (κ3) is 6.47. The van der Waals surface area contributed by atoms with Gasteiger partial charge in [-0.3, -0.25) is 9.80 Å². The third-order valence-electron chi connectivity index (χ3n) is 8.82. The van der Waals surface area contributed by atoms with E-state index in [2.05, 4.69) is 34.9 Å². The van der Waals surface area contributed by atoms with Crippen molar-refractivity contribution in [1.82, 2.24) is 9.80 Å². The quantitative estimate of drug-likeness (QED) is 0.388. The molecule has 2 aromatic rings. The highest BCUT2D eigenvalue weighted by Crippen LogP contribution is 2.39. The second-order valence-corrected chi connectivity index (χ2v) is 11.2. The molecule has 1 N–H and O–H groups in total. The van der Waals surface area contributed by atoms with Gasteiger partial charge in [0.25, 0.3) is 0 Å². The van der Waals surface area contributed by atoms with Crippen LogP contribution in [-0.4, -0.2) is 68.0 Å². The smallest absolute Gasteiger partial charge is 0.165 e. The van der Waals surface area contributed by atoms with Crippen LogP contribution < -0.4 is 4.74 Å². The summed E-state index contributed by atoms with van der Waals surface area (Å²) in [6.07, 6.45) is 9.77. The Labute approximate surface area is 238 Å². The van der Waals surface area contributed by atoms with Crippen molar-refractivity contribution in [2.75, 3.05) is 47.0 Å². The summed E-state index contributed by atoms with van der Waals surface area (Å²) < 4.78 is 32.3. The van der Waals surface area contributed by atoms with Crippen molar-refractivity contribution in [2.45, 2.75) is 51.6 Å². The summed E-state index contributed by atoms with van der Waals surface area (Å²) in [4.78, 5) is 4.76. The second-order valence-electron chi connectivity index (χ2n) is 11.2.